The second-order valence-electron chi connectivity index (χ2n) is 4.97. The van der Waals surface area contributed by atoms with E-state index in [0.717, 1.165) is 0 Å². The molecule has 1 aliphatic heterocycles. The van der Waals surface area contributed by atoms with E-state index in [9.17, 15) is 14.7 Å². The third-order valence-electron chi connectivity index (χ3n) is 3.58. The summed E-state index contributed by atoms with van der Waals surface area (Å²) in [6.07, 6.45) is -0.308. The second-order valence-corrected chi connectivity index (χ2v) is 5.40. The minimum atomic E-state index is -1.83. The maximum atomic E-state index is 12.3. The molecule has 1 amide bonds. The Balaban J connectivity index is 1.92. The monoisotopic (exact) mass is 301 g/mol. The number of anilines is 1. The average molecular weight is 302 g/mol. The van der Waals surface area contributed by atoms with Crippen molar-refractivity contribution in [3.05, 3.63) is 64.7 Å². The zero-order valence-corrected chi connectivity index (χ0v) is 11.7. The van der Waals surface area contributed by atoms with E-state index in [4.69, 9.17) is 11.6 Å². The first kappa shape index (κ1) is 13.8. The summed E-state index contributed by atoms with van der Waals surface area (Å²) >= 11 is 5.78. The van der Waals surface area contributed by atoms with Crippen LogP contribution in [0.5, 0.6) is 0 Å². The maximum Gasteiger partial charge on any atom is 0.261 e. The fourth-order valence-corrected chi connectivity index (χ4v) is 2.57. The molecule has 0 spiro atoms. The number of ketones is 1. The molecule has 0 bridgehead atoms. The summed E-state index contributed by atoms with van der Waals surface area (Å²) in [7, 11) is 0. The van der Waals surface area contributed by atoms with Gasteiger partial charge in [-0.25, -0.2) is 0 Å². The van der Waals surface area contributed by atoms with E-state index in [-0.39, 0.29) is 12.2 Å². The molecule has 2 aromatic carbocycles. The number of carbonyl (C=O) groups excluding carboxylic acids is 2. The van der Waals surface area contributed by atoms with Crippen molar-refractivity contribution in [2.24, 2.45) is 0 Å². The van der Waals surface area contributed by atoms with E-state index in [1.807, 2.05) is 0 Å². The van der Waals surface area contributed by atoms with Crippen molar-refractivity contribution in [1.29, 1.82) is 0 Å². The number of rotatable bonds is 3. The number of hydrogen-bond donors (Lipinski definition) is 2. The third-order valence-corrected chi connectivity index (χ3v) is 3.83. The van der Waals surface area contributed by atoms with Gasteiger partial charge in [0.25, 0.3) is 5.91 Å². The molecule has 21 heavy (non-hydrogen) atoms. The van der Waals surface area contributed by atoms with Crippen molar-refractivity contribution in [3.63, 3.8) is 0 Å². The van der Waals surface area contributed by atoms with Crippen molar-refractivity contribution in [2.75, 3.05) is 5.32 Å². The normalized spacial score (nSPS) is 20.0. The van der Waals surface area contributed by atoms with Crippen LogP contribution in [-0.2, 0) is 10.4 Å². The maximum absolute atomic E-state index is 12.3. The lowest BCUT2D eigenvalue weighted by atomic mass is 9.88. The smallest absolute Gasteiger partial charge is 0.261 e. The van der Waals surface area contributed by atoms with Crippen LogP contribution in [-0.4, -0.2) is 16.8 Å². The molecule has 0 saturated carbocycles. The average Bonchev–Trinajstić information content (AvgIpc) is 2.71. The zero-order valence-electron chi connectivity index (χ0n) is 11.0. The van der Waals surface area contributed by atoms with Crippen LogP contribution in [0.3, 0.4) is 0 Å². The number of fused-ring (bicyclic) bond motifs is 1. The molecule has 0 aromatic heterocycles. The van der Waals surface area contributed by atoms with Gasteiger partial charge in [-0.1, -0.05) is 29.8 Å². The molecular weight excluding hydrogens is 290 g/mol. The van der Waals surface area contributed by atoms with Crippen LogP contribution in [0.1, 0.15) is 22.3 Å². The highest BCUT2D eigenvalue weighted by Crippen LogP contribution is 2.38. The van der Waals surface area contributed by atoms with Gasteiger partial charge in [-0.15, -0.1) is 0 Å². The molecule has 5 heteroatoms. The number of amides is 1. The summed E-state index contributed by atoms with van der Waals surface area (Å²) in [6.45, 7) is 0. The second kappa shape index (κ2) is 4.98. The Morgan fingerprint density at radius 2 is 1.81 bits per heavy atom. The molecule has 3 rings (SSSR count). The Morgan fingerprint density at radius 3 is 2.52 bits per heavy atom. The van der Waals surface area contributed by atoms with Gasteiger partial charge in [0, 0.05) is 21.8 Å². The summed E-state index contributed by atoms with van der Waals surface area (Å²) in [5.41, 5.74) is -0.455. The molecule has 0 fully saturated rings. The summed E-state index contributed by atoms with van der Waals surface area (Å²) in [5.74, 6) is -0.896. The first-order chi connectivity index (χ1) is 10.0. The lowest BCUT2D eigenvalue weighted by molar-refractivity contribution is -0.133. The highest BCUT2D eigenvalue weighted by atomic mass is 35.5. The molecule has 4 nitrogen and oxygen atoms in total. The van der Waals surface area contributed by atoms with Crippen LogP contribution in [0, 0.1) is 0 Å². The molecule has 0 saturated heterocycles. The van der Waals surface area contributed by atoms with Gasteiger partial charge in [0.15, 0.2) is 11.4 Å². The molecule has 2 aromatic rings. The van der Waals surface area contributed by atoms with E-state index in [1.165, 1.54) is 0 Å². The van der Waals surface area contributed by atoms with Gasteiger partial charge < -0.3 is 10.4 Å². The van der Waals surface area contributed by atoms with Crippen LogP contribution < -0.4 is 5.32 Å². The molecule has 2 N–H and O–H groups in total. The van der Waals surface area contributed by atoms with Crippen LogP contribution in [0.15, 0.2) is 48.5 Å². The Hall–Kier alpha value is -2.17. The quantitative estimate of drug-likeness (QED) is 0.857. The van der Waals surface area contributed by atoms with Gasteiger partial charge >= 0.3 is 0 Å². The summed E-state index contributed by atoms with van der Waals surface area (Å²) in [6, 6.07) is 13.2. The number of halogens is 1. The van der Waals surface area contributed by atoms with E-state index >= 15 is 0 Å². The van der Waals surface area contributed by atoms with Crippen molar-refractivity contribution < 1.29 is 14.7 Å². The molecule has 1 atom stereocenters. The van der Waals surface area contributed by atoms with E-state index < -0.39 is 11.5 Å². The first-order valence-electron chi connectivity index (χ1n) is 6.43. The summed E-state index contributed by atoms with van der Waals surface area (Å²) < 4.78 is 0. The molecular formula is C16H12ClNO3. The minimum absolute atomic E-state index is 0.308. The van der Waals surface area contributed by atoms with Crippen molar-refractivity contribution in [3.8, 4) is 0 Å². The summed E-state index contributed by atoms with van der Waals surface area (Å²) in [5, 5.41) is 13.8. The van der Waals surface area contributed by atoms with Gasteiger partial charge in [-0.2, -0.15) is 0 Å². The molecule has 1 aliphatic rings. The number of Topliss-reactive ketones (excluding diaryl/α,β-unsaturated/α-hetero) is 1. The van der Waals surface area contributed by atoms with Crippen molar-refractivity contribution in [1.82, 2.24) is 0 Å². The largest absolute Gasteiger partial charge is 0.375 e. The van der Waals surface area contributed by atoms with Gasteiger partial charge in [0.1, 0.15) is 0 Å². The van der Waals surface area contributed by atoms with Crippen LogP contribution in [0.4, 0.5) is 5.69 Å². The fraction of sp³-hybridized carbons (Fsp3) is 0.125. The molecule has 0 aliphatic carbocycles. The number of hydrogen-bond acceptors (Lipinski definition) is 3. The number of carbonyl (C=O) groups is 2. The van der Waals surface area contributed by atoms with Crippen LogP contribution in [0.25, 0.3) is 0 Å². The third kappa shape index (κ3) is 2.33. The SMILES string of the molecule is O=C(CC1(O)C(=O)Nc2ccccc21)c1ccc(Cl)cc1. The highest BCUT2D eigenvalue weighted by Gasteiger charge is 2.46. The molecule has 1 heterocycles. The lowest BCUT2D eigenvalue weighted by Crippen LogP contribution is -2.36. The Bertz CT molecular complexity index is 727. The predicted molar refractivity (Wildman–Crippen MR) is 79.4 cm³/mol. The topological polar surface area (TPSA) is 66.4 Å². The first-order valence-corrected chi connectivity index (χ1v) is 6.80. The number of aliphatic hydroxyl groups is 1. The lowest BCUT2D eigenvalue weighted by Gasteiger charge is -2.19. The van der Waals surface area contributed by atoms with E-state index in [1.54, 1.807) is 48.5 Å². The van der Waals surface area contributed by atoms with Gasteiger partial charge in [0.2, 0.25) is 0 Å². The Kier molecular flexibility index (Phi) is 3.27. The van der Waals surface area contributed by atoms with Gasteiger partial charge in [-0.3, -0.25) is 9.59 Å². The van der Waals surface area contributed by atoms with Crippen LogP contribution >= 0.6 is 11.6 Å². The molecule has 0 radical (unpaired) electrons. The fourth-order valence-electron chi connectivity index (χ4n) is 2.45. The van der Waals surface area contributed by atoms with Crippen molar-refractivity contribution >= 4 is 29.0 Å². The van der Waals surface area contributed by atoms with E-state index in [2.05, 4.69) is 5.32 Å². The van der Waals surface area contributed by atoms with Crippen molar-refractivity contribution in [2.45, 2.75) is 12.0 Å². The Morgan fingerprint density at radius 1 is 1.14 bits per heavy atom. The number of nitrogens with one attached hydrogen (secondary N) is 1. The Labute approximate surface area is 126 Å². The zero-order chi connectivity index (χ0) is 15.0. The molecule has 1 unspecified atom stereocenters. The number of para-hydroxylation sites is 1. The van der Waals surface area contributed by atoms with Gasteiger partial charge in [0.05, 0.1) is 6.42 Å². The standard InChI is InChI=1S/C16H12ClNO3/c17-11-7-5-10(6-8-11)14(19)9-16(21)12-3-1-2-4-13(12)18-15(16)20/h1-8,21H,9H2,(H,18,20). The van der Waals surface area contributed by atoms with E-state index in [0.29, 0.717) is 21.8 Å². The highest BCUT2D eigenvalue weighted by molar-refractivity contribution is 6.30. The predicted octanol–water partition coefficient (Wildman–Crippen LogP) is 2.75. The minimum Gasteiger partial charge on any atom is -0.375 e. The summed E-state index contributed by atoms with van der Waals surface area (Å²) in [4.78, 5) is 24.3. The number of benzene rings is 2. The van der Waals surface area contributed by atoms with Crippen LogP contribution in [0.2, 0.25) is 5.02 Å². The molecule has 106 valence electrons. The van der Waals surface area contributed by atoms with Gasteiger partial charge in [-0.05, 0) is 30.3 Å².